The lowest BCUT2D eigenvalue weighted by molar-refractivity contribution is -0.137. The van der Waals surface area contributed by atoms with Crippen molar-refractivity contribution in [3.05, 3.63) is 29.3 Å². The second-order valence-corrected chi connectivity index (χ2v) is 6.09. The molecule has 0 saturated carbocycles. The maximum atomic E-state index is 12.0. The maximum absolute atomic E-state index is 12.0. The van der Waals surface area contributed by atoms with Gasteiger partial charge in [0.2, 0.25) is 0 Å². The van der Waals surface area contributed by atoms with Gasteiger partial charge >= 0.3 is 11.9 Å². The number of hydrogen-bond acceptors (Lipinski definition) is 3. The van der Waals surface area contributed by atoms with Crippen molar-refractivity contribution in [3.8, 4) is 5.75 Å². The number of rotatable bonds is 12. The number of carboxylic acid groups (broad SMARTS) is 1. The summed E-state index contributed by atoms with van der Waals surface area (Å²) >= 11 is 0. The van der Waals surface area contributed by atoms with Gasteiger partial charge in [0, 0.05) is 12.8 Å². The van der Waals surface area contributed by atoms with Crippen LogP contribution in [-0.4, -0.2) is 17.0 Å². The van der Waals surface area contributed by atoms with Crippen LogP contribution in [0.25, 0.3) is 0 Å². The highest BCUT2D eigenvalue weighted by Gasteiger charge is 2.10. The second-order valence-electron chi connectivity index (χ2n) is 6.09. The van der Waals surface area contributed by atoms with E-state index in [4.69, 9.17) is 9.84 Å². The first-order valence-corrected chi connectivity index (χ1v) is 9.11. The summed E-state index contributed by atoms with van der Waals surface area (Å²) in [5.41, 5.74) is 2.37. The molecule has 0 saturated heterocycles. The second kappa shape index (κ2) is 11.7. The van der Waals surface area contributed by atoms with Gasteiger partial charge in [-0.2, -0.15) is 0 Å². The number of esters is 1. The predicted octanol–water partition coefficient (Wildman–Crippen LogP) is 4.92. The Bertz CT molecular complexity index is 522. The van der Waals surface area contributed by atoms with E-state index in [1.165, 1.54) is 5.56 Å². The molecule has 4 heteroatoms. The van der Waals surface area contributed by atoms with Gasteiger partial charge in [-0.05, 0) is 42.9 Å². The van der Waals surface area contributed by atoms with Gasteiger partial charge in [-0.25, -0.2) is 0 Å². The highest BCUT2D eigenvalue weighted by atomic mass is 16.5. The molecule has 24 heavy (non-hydrogen) atoms. The van der Waals surface area contributed by atoms with Crippen LogP contribution in [0.15, 0.2) is 18.2 Å². The van der Waals surface area contributed by atoms with Crippen LogP contribution < -0.4 is 4.74 Å². The lowest BCUT2D eigenvalue weighted by Gasteiger charge is -2.12. The molecule has 0 amide bonds. The number of aryl methyl sites for hydroxylation is 1. The number of carbonyl (C=O) groups is 2. The van der Waals surface area contributed by atoms with Crippen molar-refractivity contribution < 1.29 is 19.4 Å². The minimum atomic E-state index is -0.726. The number of benzene rings is 1. The Morgan fingerprint density at radius 1 is 0.917 bits per heavy atom. The lowest BCUT2D eigenvalue weighted by atomic mass is 10.0. The summed E-state index contributed by atoms with van der Waals surface area (Å²) in [5.74, 6) is -0.185. The van der Waals surface area contributed by atoms with Crippen LogP contribution in [0.4, 0.5) is 0 Å². The fraction of sp³-hybridized carbons (Fsp3) is 0.600. The van der Waals surface area contributed by atoms with E-state index in [-0.39, 0.29) is 12.4 Å². The molecule has 0 unspecified atom stereocenters. The average Bonchev–Trinajstić information content (AvgIpc) is 2.56. The molecule has 0 bridgehead atoms. The molecule has 4 nitrogen and oxygen atoms in total. The maximum Gasteiger partial charge on any atom is 0.311 e. The third-order valence-electron chi connectivity index (χ3n) is 4.21. The van der Waals surface area contributed by atoms with Crippen molar-refractivity contribution in [2.24, 2.45) is 0 Å². The SMILES string of the molecule is CCc1cccc(OC(=O)CCCCCCCCC(=O)O)c1CC. The van der Waals surface area contributed by atoms with Crippen LogP contribution in [0.5, 0.6) is 5.75 Å². The number of carboxylic acids is 1. The zero-order chi connectivity index (χ0) is 17.8. The molecule has 0 atom stereocenters. The molecule has 134 valence electrons. The Hall–Kier alpha value is -1.84. The van der Waals surface area contributed by atoms with Crippen LogP contribution in [-0.2, 0) is 22.4 Å². The Kier molecular flexibility index (Phi) is 9.81. The van der Waals surface area contributed by atoms with Gasteiger partial charge in [0.15, 0.2) is 0 Å². The highest BCUT2D eigenvalue weighted by molar-refractivity contribution is 5.73. The van der Waals surface area contributed by atoms with E-state index in [0.29, 0.717) is 12.2 Å². The number of unbranched alkanes of at least 4 members (excludes halogenated alkanes) is 5. The van der Waals surface area contributed by atoms with Gasteiger partial charge in [-0.15, -0.1) is 0 Å². The summed E-state index contributed by atoms with van der Waals surface area (Å²) in [4.78, 5) is 22.4. The topological polar surface area (TPSA) is 63.6 Å². The van der Waals surface area contributed by atoms with Gasteiger partial charge < -0.3 is 9.84 Å². The van der Waals surface area contributed by atoms with Crippen molar-refractivity contribution in [1.29, 1.82) is 0 Å². The molecule has 0 heterocycles. The summed E-state index contributed by atoms with van der Waals surface area (Å²) in [7, 11) is 0. The predicted molar refractivity (Wildman–Crippen MR) is 95.4 cm³/mol. The molecule has 1 N–H and O–H groups in total. The molecular formula is C20H30O4. The smallest absolute Gasteiger partial charge is 0.311 e. The normalized spacial score (nSPS) is 10.6. The first-order chi connectivity index (χ1) is 11.6. The highest BCUT2D eigenvalue weighted by Crippen LogP contribution is 2.24. The fourth-order valence-electron chi connectivity index (χ4n) is 2.87. The van der Waals surface area contributed by atoms with E-state index in [0.717, 1.165) is 56.9 Å². The van der Waals surface area contributed by atoms with E-state index in [2.05, 4.69) is 19.9 Å². The molecule has 0 aromatic heterocycles. The summed E-state index contributed by atoms with van der Waals surface area (Å²) in [6.07, 6.45) is 8.06. The Morgan fingerprint density at radius 2 is 1.54 bits per heavy atom. The van der Waals surface area contributed by atoms with Gasteiger partial charge in [0.1, 0.15) is 5.75 Å². The van der Waals surface area contributed by atoms with Gasteiger partial charge in [-0.3, -0.25) is 9.59 Å². The van der Waals surface area contributed by atoms with Crippen molar-refractivity contribution >= 4 is 11.9 Å². The van der Waals surface area contributed by atoms with Crippen molar-refractivity contribution in [2.45, 2.75) is 78.1 Å². The summed E-state index contributed by atoms with van der Waals surface area (Å²) in [6, 6.07) is 5.90. The van der Waals surface area contributed by atoms with E-state index in [1.54, 1.807) is 0 Å². The monoisotopic (exact) mass is 334 g/mol. The molecule has 0 aliphatic heterocycles. The third-order valence-corrected chi connectivity index (χ3v) is 4.21. The fourth-order valence-corrected chi connectivity index (χ4v) is 2.87. The van der Waals surface area contributed by atoms with E-state index in [9.17, 15) is 9.59 Å². The molecule has 0 radical (unpaired) electrons. The first-order valence-electron chi connectivity index (χ1n) is 9.11. The number of hydrogen-bond donors (Lipinski definition) is 1. The molecule has 0 spiro atoms. The molecule has 0 fully saturated rings. The largest absolute Gasteiger partial charge is 0.481 e. The average molecular weight is 334 g/mol. The van der Waals surface area contributed by atoms with Crippen LogP contribution >= 0.6 is 0 Å². The van der Waals surface area contributed by atoms with Crippen molar-refractivity contribution in [1.82, 2.24) is 0 Å². The Morgan fingerprint density at radius 3 is 2.12 bits per heavy atom. The molecule has 0 aliphatic carbocycles. The van der Waals surface area contributed by atoms with E-state index < -0.39 is 5.97 Å². The standard InChI is InChI=1S/C20H30O4/c1-3-16-12-11-13-18(17(16)4-2)24-20(23)15-10-8-6-5-7-9-14-19(21)22/h11-13H,3-10,14-15H2,1-2H3,(H,21,22). The number of carbonyl (C=O) groups excluding carboxylic acids is 1. The van der Waals surface area contributed by atoms with Crippen molar-refractivity contribution in [3.63, 3.8) is 0 Å². The molecular weight excluding hydrogens is 304 g/mol. The summed E-state index contributed by atoms with van der Waals surface area (Å²) < 4.78 is 5.55. The van der Waals surface area contributed by atoms with Gasteiger partial charge in [0.05, 0.1) is 0 Å². The van der Waals surface area contributed by atoms with Gasteiger partial charge in [-0.1, -0.05) is 51.7 Å². The van der Waals surface area contributed by atoms with Crippen LogP contribution in [0, 0.1) is 0 Å². The quantitative estimate of drug-likeness (QED) is 0.335. The van der Waals surface area contributed by atoms with Gasteiger partial charge in [0.25, 0.3) is 0 Å². The molecule has 0 aliphatic rings. The van der Waals surface area contributed by atoms with Crippen molar-refractivity contribution in [2.75, 3.05) is 0 Å². The minimum Gasteiger partial charge on any atom is -0.481 e. The Balaban J connectivity index is 2.24. The number of ether oxygens (including phenoxy) is 1. The van der Waals surface area contributed by atoms with Crippen LogP contribution in [0.3, 0.4) is 0 Å². The summed E-state index contributed by atoms with van der Waals surface area (Å²) in [6.45, 7) is 4.19. The van der Waals surface area contributed by atoms with E-state index >= 15 is 0 Å². The van der Waals surface area contributed by atoms with E-state index in [1.807, 2.05) is 12.1 Å². The Labute approximate surface area is 145 Å². The third kappa shape index (κ3) is 7.62. The molecule has 1 aromatic carbocycles. The number of aliphatic carboxylic acids is 1. The summed E-state index contributed by atoms with van der Waals surface area (Å²) in [5, 5.41) is 8.56. The van der Waals surface area contributed by atoms with Crippen LogP contribution in [0.2, 0.25) is 0 Å². The zero-order valence-corrected chi connectivity index (χ0v) is 15.0. The zero-order valence-electron chi connectivity index (χ0n) is 15.0. The lowest BCUT2D eigenvalue weighted by Crippen LogP contribution is -2.09. The molecule has 1 aromatic rings. The molecule has 1 rings (SSSR count). The first kappa shape index (κ1) is 20.2. The minimum absolute atomic E-state index is 0.163. The van der Waals surface area contributed by atoms with Crippen LogP contribution in [0.1, 0.15) is 76.3 Å².